The quantitative estimate of drug-likeness (QED) is 0.822. The topological polar surface area (TPSA) is 46.5 Å². The highest BCUT2D eigenvalue weighted by atomic mass is 16.5. The van der Waals surface area contributed by atoms with Crippen LogP contribution in [-0.2, 0) is 22.4 Å². The molecule has 0 aliphatic heterocycles. The summed E-state index contributed by atoms with van der Waals surface area (Å²) in [4.78, 5) is 10.9. The number of rotatable bonds is 3. The number of aryl methyl sites for hydroxylation is 2. The van der Waals surface area contributed by atoms with Gasteiger partial charge in [0.05, 0.1) is 0 Å². The van der Waals surface area contributed by atoms with Crippen LogP contribution in [-0.4, -0.2) is 18.2 Å². The lowest BCUT2D eigenvalue weighted by Crippen LogP contribution is -2.13. The monoisotopic (exact) mass is 206 g/mol. The Morgan fingerprint density at radius 1 is 1.40 bits per heavy atom. The predicted octanol–water partition coefficient (Wildman–Crippen LogP) is 1.95. The first-order valence-corrected chi connectivity index (χ1v) is 5.09. The number of carboxylic acids is 1. The van der Waals surface area contributed by atoms with Gasteiger partial charge < -0.3 is 9.84 Å². The maximum Gasteiger partial charge on any atom is 0.337 e. The van der Waals surface area contributed by atoms with E-state index in [1.165, 1.54) is 24.7 Å². The van der Waals surface area contributed by atoms with Gasteiger partial charge in [0, 0.05) is 7.11 Å². The SMILES string of the molecule is COC(C(=O)O)c1ccc2c(c1)CCC2. The minimum Gasteiger partial charge on any atom is -0.479 e. The van der Waals surface area contributed by atoms with Gasteiger partial charge in [-0.15, -0.1) is 0 Å². The Hall–Kier alpha value is -1.35. The molecule has 0 amide bonds. The molecule has 2 rings (SSSR count). The van der Waals surface area contributed by atoms with E-state index in [4.69, 9.17) is 9.84 Å². The highest BCUT2D eigenvalue weighted by molar-refractivity contribution is 5.74. The van der Waals surface area contributed by atoms with Gasteiger partial charge in [-0.3, -0.25) is 0 Å². The summed E-state index contributed by atoms with van der Waals surface area (Å²) in [5, 5.41) is 8.95. The van der Waals surface area contributed by atoms with Crippen molar-refractivity contribution < 1.29 is 14.6 Å². The molecule has 0 bridgehead atoms. The van der Waals surface area contributed by atoms with Gasteiger partial charge in [-0.2, -0.15) is 0 Å². The number of hydrogen-bond donors (Lipinski definition) is 1. The number of carbonyl (C=O) groups is 1. The van der Waals surface area contributed by atoms with Crippen LogP contribution in [0.15, 0.2) is 18.2 Å². The van der Waals surface area contributed by atoms with Crippen molar-refractivity contribution in [1.29, 1.82) is 0 Å². The molecule has 0 saturated heterocycles. The molecule has 3 nitrogen and oxygen atoms in total. The summed E-state index contributed by atoms with van der Waals surface area (Å²) in [7, 11) is 1.42. The molecule has 0 spiro atoms. The molecule has 0 fully saturated rings. The van der Waals surface area contributed by atoms with Crippen LogP contribution in [0, 0.1) is 0 Å². The fourth-order valence-electron chi connectivity index (χ4n) is 2.13. The predicted molar refractivity (Wildman–Crippen MR) is 55.9 cm³/mol. The lowest BCUT2D eigenvalue weighted by Gasteiger charge is -2.12. The molecule has 0 saturated carbocycles. The van der Waals surface area contributed by atoms with E-state index < -0.39 is 12.1 Å². The summed E-state index contributed by atoms with van der Waals surface area (Å²) in [6, 6.07) is 5.84. The van der Waals surface area contributed by atoms with Crippen molar-refractivity contribution in [3.05, 3.63) is 34.9 Å². The molecular weight excluding hydrogens is 192 g/mol. The summed E-state index contributed by atoms with van der Waals surface area (Å²) >= 11 is 0. The molecule has 0 aromatic heterocycles. The Morgan fingerprint density at radius 3 is 2.80 bits per heavy atom. The number of methoxy groups -OCH3 is 1. The van der Waals surface area contributed by atoms with Crippen molar-refractivity contribution in [3.63, 3.8) is 0 Å². The maximum absolute atomic E-state index is 10.9. The van der Waals surface area contributed by atoms with E-state index in [0.29, 0.717) is 0 Å². The van der Waals surface area contributed by atoms with E-state index >= 15 is 0 Å². The molecule has 80 valence electrons. The van der Waals surface area contributed by atoms with Crippen molar-refractivity contribution in [3.8, 4) is 0 Å². The van der Waals surface area contributed by atoms with Crippen LogP contribution in [0.4, 0.5) is 0 Å². The molecule has 1 aromatic rings. The second-order valence-electron chi connectivity index (χ2n) is 3.84. The largest absolute Gasteiger partial charge is 0.479 e. The van der Waals surface area contributed by atoms with Crippen LogP contribution in [0.3, 0.4) is 0 Å². The minimum absolute atomic E-state index is 0.741. The van der Waals surface area contributed by atoms with Gasteiger partial charge in [-0.25, -0.2) is 4.79 Å². The Balaban J connectivity index is 2.32. The summed E-state index contributed by atoms with van der Waals surface area (Å²) in [6.45, 7) is 0. The fraction of sp³-hybridized carbons (Fsp3) is 0.417. The van der Waals surface area contributed by atoms with Crippen LogP contribution < -0.4 is 0 Å². The van der Waals surface area contributed by atoms with E-state index in [0.717, 1.165) is 18.4 Å². The molecule has 1 aliphatic carbocycles. The van der Waals surface area contributed by atoms with Gasteiger partial charge in [-0.05, 0) is 36.0 Å². The van der Waals surface area contributed by atoms with Gasteiger partial charge in [0.15, 0.2) is 6.10 Å². The molecule has 1 aliphatic rings. The number of ether oxygens (including phenoxy) is 1. The van der Waals surface area contributed by atoms with Crippen LogP contribution in [0.5, 0.6) is 0 Å². The fourth-order valence-corrected chi connectivity index (χ4v) is 2.13. The molecule has 1 N–H and O–H groups in total. The number of fused-ring (bicyclic) bond motifs is 1. The third-order valence-electron chi connectivity index (χ3n) is 2.89. The van der Waals surface area contributed by atoms with E-state index in [1.54, 1.807) is 0 Å². The first kappa shape index (κ1) is 10.2. The summed E-state index contributed by atoms with van der Waals surface area (Å²) in [6.07, 6.45) is 2.50. The van der Waals surface area contributed by atoms with Crippen LogP contribution in [0.1, 0.15) is 29.2 Å². The second kappa shape index (κ2) is 4.03. The number of hydrogen-bond acceptors (Lipinski definition) is 2. The summed E-state index contributed by atoms with van der Waals surface area (Å²) < 4.78 is 4.96. The van der Waals surface area contributed by atoms with E-state index in [1.807, 2.05) is 18.2 Å². The molecule has 3 heteroatoms. The first-order valence-electron chi connectivity index (χ1n) is 5.09. The van der Waals surface area contributed by atoms with Crippen molar-refractivity contribution in [2.24, 2.45) is 0 Å². The summed E-state index contributed by atoms with van der Waals surface area (Å²) in [5.41, 5.74) is 3.36. The van der Waals surface area contributed by atoms with Gasteiger partial charge >= 0.3 is 5.97 Å². The molecule has 1 aromatic carbocycles. The smallest absolute Gasteiger partial charge is 0.337 e. The lowest BCUT2D eigenvalue weighted by atomic mass is 10.0. The average Bonchev–Trinajstić information content (AvgIpc) is 2.65. The Kier molecular flexibility index (Phi) is 2.73. The van der Waals surface area contributed by atoms with E-state index in [9.17, 15) is 4.79 Å². The Labute approximate surface area is 88.7 Å². The van der Waals surface area contributed by atoms with Crippen LogP contribution >= 0.6 is 0 Å². The molecule has 1 unspecified atom stereocenters. The highest BCUT2D eigenvalue weighted by Crippen LogP contribution is 2.26. The van der Waals surface area contributed by atoms with Gasteiger partial charge in [0.1, 0.15) is 0 Å². The standard InChI is InChI=1S/C12H14O3/c1-15-11(12(13)14)10-6-5-8-3-2-4-9(8)7-10/h5-7,11H,2-4H2,1H3,(H,13,14). The van der Waals surface area contributed by atoms with Gasteiger partial charge in [0.2, 0.25) is 0 Å². The van der Waals surface area contributed by atoms with E-state index in [2.05, 4.69) is 0 Å². The Bertz CT molecular complexity index is 384. The molecule has 1 atom stereocenters. The lowest BCUT2D eigenvalue weighted by molar-refractivity contribution is -0.148. The number of aliphatic carboxylic acids is 1. The molecule has 0 heterocycles. The van der Waals surface area contributed by atoms with Gasteiger partial charge in [-0.1, -0.05) is 18.2 Å². The Morgan fingerprint density at radius 2 is 2.13 bits per heavy atom. The average molecular weight is 206 g/mol. The third-order valence-corrected chi connectivity index (χ3v) is 2.89. The third kappa shape index (κ3) is 1.88. The zero-order valence-corrected chi connectivity index (χ0v) is 8.69. The molecule has 0 radical (unpaired) electrons. The zero-order chi connectivity index (χ0) is 10.8. The van der Waals surface area contributed by atoms with Crippen molar-refractivity contribution in [1.82, 2.24) is 0 Å². The van der Waals surface area contributed by atoms with Crippen molar-refractivity contribution >= 4 is 5.97 Å². The second-order valence-corrected chi connectivity index (χ2v) is 3.84. The summed E-state index contributed by atoms with van der Waals surface area (Å²) in [5.74, 6) is -0.935. The zero-order valence-electron chi connectivity index (χ0n) is 8.69. The number of carboxylic acid groups (broad SMARTS) is 1. The van der Waals surface area contributed by atoms with Crippen molar-refractivity contribution in [2.45, 2.75) is 25.4 Å². The van der Waals surface area contributed by atoms with Crippen LogP contribution in [0.25, 0.3) is 0 Å². The maximum atomic E-state index is 10.9. The normalized spacial score (nSPS) is 16.1. The molecular formula is C12H14O3. The number of benzene rings is 1. The minimum atomic E-state index is -0.935. The van der Waals surface area contributed by atoms with E-state index in [-0.39, 0.29) is 0 Å². The van der Waals surface area contributed by atoms with Crippen molar-refractivity contribution in [2.75, 3.05) is 7.11 Å². The van der Waals surface area contributed by atoms with Crippen LogP contribution in [0.2, 0.25) is 0 Å². The highest BCUT2D eigenvalue weighted by Gasteiger charge is 2.21. The molecule has 15 heavy (non-hydrogen) atoms. The van der Waals surface area contributed by atoms with Gasteiger partial charge in [0.25, 0.3) is 0 Å². The first-order chi connectivity index (χ1) is 7.22.